The molecule has 1 unspecified atom stereocenters. The minimum absolute atomic E-state index is 0.109. The Kier molecular flexibility index (Phi) is 9.31. The van der Waals surface area contributed by atoms with E-state index in [2.05, 4.69) is 15.2 Å². The summed E-state index contributed by atoms with van der Waals surface area (Å²) in [5, 5.41) is 17.1. The summed E-state index contributed by atoms with van der Waals surface area (Å²) in [6.45, 7) is 2.73. The number of carbonyl (C=O) groups is 3. The molecule has 0 spiro atoms. The van der Waals surface area contributed by atoms with Gasteiger partial charge in [-0.1, -0.05) is 18.2 Å². The Morgan fingerprint density at radius 2 is 1.88 bits per heavy atom. The number of nitriles is 1. The highest BCUT2D eigenvalue weighted by Gasteiger charge is 2.62. The molecule has 3 heterocycles. The Morgan fingerprint density at radius 3 is 2.51 bits per heavy atom. The van der Waals surface area contributed by atoms with Crippen LogP contribution in [-0.4, -0.2) is 70.1 Å². The molecule has 6 atom stereocenters. The average molecular weight is 617 g/mol. The number of anilines is 1. The molecule has 2 aromatic heterocycles. The van der Waals surface area contributed by atoms with Crippen LogP contribution in [0.25, 0.3) is 5.52 Å². The number of nitrogen functional groups attached to an aromatic ring is 1. The number of nitrogens with one attached hydrogen (secondary N) is 1. The first-order valence-corrected chi connectivity index (χ1v) is 14.3. The molecule has 0 amide bonds. The lowest BCUT2D eigenvalue weighted by Crippen LogP contribution is -2.49. The van der Waals surface area contributed by atoms with Crippen LogP contribution in [0.1, 0.15) is 32.6 Å². The summed E-state index contributed by atoms with van der Waals surface area (Å²) in [6.07, 6.45) is -3.05. The fraction of sp³-hybridized carbons (Fsp3) is 0.385. The van der Waals surface area contributed by atoms with Crippen LogP contribution in [0.15, 0.2) is 48.8 Å². The molecular weight excluding hydrogens is 587 g/mol. The van der Waals surface area contributed by atoms with Gasteiger partial charge in [-0.2, -0.15) is 15.4 Å². The fourth-order valence-electron chi connectivity index (χ4n) is 4.45. The van der Waals surface area contributed by atoms with Crippen molar-refractivity contribution in [3.63, 3.8) is 0 Å². The number of ether oxygens (including phenoxy) is 4. The maximum absolute atomic E-state index is 14.0. The highest BCUT2D eigenvalue weighted by Crippen LogP contribution is 2.49. The van der Waals surface area contributed by atoms with Crippen molar-refractivity contribution < 1.29 is 46.9 Å². The van der Waals surface area contributed by atoms with Gasteiger partial charge in [-0.15, -0.1) is 0 Å². The number of hydrogen-bond donors (Lipinski definition) is 2. The van der Waals surface area contributed by atoms with Gasteiger partial charge in [0.25, 0.3) is 0 Å². The summed E-state index contributed by atoms with van der Waals surface area (Å²) in [4.78, 5) is 40.5. The summed E-state index contributed by atoms with van der Waals surface area (Å²) in [6, 6.07) is 11.8. The maximum Gasteiger partial charge on any atom is 0.459 e. The molecule has 228 valence electrons. The van der Waals surface area contributed by atoms with Gasteiger partial charge in [-0.25, -0.2) is 14.1 Å². The Balaban J connectivity index is 1.75. The van der Waals surface area contributed by atoms with Gasteiger partial charge in [0.1, 0.15) is 42.4 Å². The van der Waals surface area contributed by atoms with E-state index in [4.69, 9.17) is 33.7 Å². The number of methoxy groups -OCH3 is 1. The molecule has 1 fully saturated rings. The average Bonchev–Trinajstić information content (AvgIpc) is 3.52. The zero-order valence-corrected chi connectivity index (χ0v) is 24.4. The van der Waals surface area contributed by atoms with E-state index < -0.39 is 62.2 Å². The predicted octanol–water partition coefficient (Wildman–Crippen LogP) is 1.86. The van der Waals surface area contributed by atoms with E-state index in [9.17, 15) is 24.2 Å². The molecule has 16 nitrogen and oxygen atoms in total. The summed E-state index contributed by atoms with van der Waals surface area (Å²) in [5.74, 6) is -2.13. The van der Waals surface area contributed by atoms with Crippen molar-refractivity contribution in [3.8, 4) is 11.8 Å². The monoisotopic (exact) mass is 616 g/mol. The SMILES string of the molecule is COC(=O)[C@H](C)NP(=O)(OC[C@@]1(C#N)O[C@@H](c2ccc3c(N)ncnn23)[C@H](OC(C)=O)[C@@H]1OC(C)=O)Oc1ccccc1. The van der Waals surface area contributed by atoms with Crippen molar-refractivity contribution >= 4 is 37.0 Å². The molecule has 0 bridgehead atoms. The molecular formula is C26H29N6O10P. The number of rotatable bonds is 11. The van der Waals surface area contributed by atoms with E-state index in [1.165, 1.54) is 29.9 Å². The van der Waals surface area contributed by atoms with Crippen molar-refractivity contribution in [2.24, 2.45) is 0 Å². The smallest absolute Gasteiger partial charge is 0.459 e. The highest BCUT2D eigenvalue weighted by atomic mass is 31.2. The van der Waals surface area contributed by atoms with Crippen LogP contribution < -0.4 is 15.3 Å². The van der Waals surface area contributed by atoms with Crippen LogP contribution in [0, 0.1) is 11.3 Å². The zero-order chi connectivity index (χ0) is 31.4. The molecule has 17 heteroatoms. The third-order valence-electron chi connectivity index (χ3n) is 6.30. The van der Waals surface area contributed by atoms with Gasteiger partial charge >= 0.3 is 25.7 Å². The van der Waals surface area contributed by atoms with E-state index in [0.29, 0.717) is 5.52 Å². The summed E-state index contributed by atoms with van der Waals surface area (Å²) >= 11 is 0. The first-order chi connectivity index (χ1) is 20.4. The van der Waals surface area contributed by atoms with Crippen LogP contribution in [-0.2, 0) is 42.4 Å². The number of esters is 3. The number of nitrogens with two attached hydrogens (primary N) is 1. The topological polar surface area (TPSA) is 216 Å². The van der Waals surface area contributed by atoms with Crippen LogP contribution >= 0.6 is 7.75 Å². The minimum Gasteiger partial charge on any atom is -0.468 e. The standard InChI is InChI=1S/C26H29N6O10P/c1-15(25(35)37-4)31-43(36,42-18-8-6-5-7-9-18)38-13-26(12-27)23(40-17(3)34)22(39-16(2)33)21(41-26)19-10-11-20-24(28)29-14-30-32(19)20/h5-11,14-15,21-23H,13H2,1-4H3,(H,31,36)(H2,28,29,30)/t15-,21-,22-,23-,26+,43?/m0/s1. The second-order valence-electron chi connectivity index (χ2n) is 9.39. The summed E-state index contributed by atoms with van der Waals surface area (Å²) in [7, 11) is -3.34. The lowest BCUT2D eigenvalue weighted by atomic mass is 9.95. The number of benzene rings is 1. The van der Waals surface area contributed by atoms with Crippen molar-refractivity contribution in [1.82, 2.24) is 19.7 Å². The molecule has 0 saturated carbocycles. The van der Waals surface area contributed by atoms with E-state index in [1.54, 1.807) is 30.3 Å². The Hall–Kier alpha value is -4.55. The van der Waals surface area contributed by atoms with E-state index in [0.717, 1.165) is 21.0 Å². The van der Waals surface area contributed by atoms with Crippen molar-refractivity contribution in [3.05, 3.63) is 54.5 Å². The maximum atomic E-state index is 14.0. The third-order valence-corrected chi connectivity index (χ3v) is 7.93. The van der Waals surface area contributed by atoms with Gasteiger partial charge in [-0.3, -0.25) is 18.9 Å². The van der Waals surface area contributed by atoms with Gasteiger partial charge in [0, 0.05) is 13.8 Å². The van der Waals surface area contributed by atoms with Crippen molar-refractivity contribution in [1.29, 1.82) is 5.26 Å². The van der Waals surface area contributed by atoms with Crippen LogP contribution in [0.2, 0.25) is 0 Å². The second kappa shape index (κ2) is 12.8. The Labute approximate surface area is 245 Å². The van der Waals surface area contributed by atoms with Gasteiger partial charge in [-0.05, 0) is 31.2 Å². The molecule has 43 heavy (non-hydrogen) atoms. The molecule has 1 aliphatic rings. The molecule has 1 saturated heterocycles. The molecule has 0 aliphatic carbocycles. The largest absolute Gasteiger partial charge is 0.468 e. The number of nitrogens with zero attached hydrogens (tertiary/aromatic N) is 4. The Morgan fingerprint density at radius 1 is 1.19 bits per heavy atom. The molecule has 1 aliphatic heterocycles. The fourth-order valence-corrected chi connectivity index (χ4v) is 5.97. The first kappa shape index (κ1) is 31.4. The van der Waals surface area contributed by atoms with E-state index in [1.807, 2.05) is 6.07 Å². The van der Waals surface area contributed by atoms with Crippen molar-refractivity contribution in [2.75, 3.05) is 19.5 Å². The normalized spacial score (nSPS) is 23.5. The number of carbonyl (C=O) groups excluding carboxylic acids is 3. The number of aromatic nitrogens is 3. The lowest BCUT2D eigenvalue weighted by molar-refractivity contribution is -0.166. The quantitative estimate of drug-likeness (QED) is 0.179. The van der Waals surface area contributed by atoms with Gasteiger partial charge in [0.05, 0.1) is 12.8 Å². The van der Waals surface area contributed by atoms with Crippen LogP contribution in [0.5, 0.6) is 5.75 Å². The Bertz CT molecular complexity index is 1590. The number of para-hydroxylation sites is 1. The second-order valence-corrected chi connectivity index (χ2v) is 11.1. The minimum atomic E-state index is -4.48. The number of hydrogen-bond acceptors (Lipinski definition) is 14. The molecule has 1 aromatic carbocycles. The van der Waals surface area contributed by atoms with Crippen molar-refractivity contribution in [2.45, 2.75) is 50.7 Å². The third kappa shape index (κ3) is 6.76. The van der Waals surface area contributed by atoms with Gasteiger partial charge in [0.2, 0.25) is 5.60 Å². The first-order valence-electron chi connectivity index (χ1n) is 12.8. The van der Waals surface area contributed by atoms with Gasteiger partial charge < -0.3 is 29.2 Å². The lowest BCUT2D eigenvalue weighted by Gasteiger charge is -2.30. The predicted molar refractivity (Wildman–Crippen MR) is 146 cm³/mol. The summed E-state index contributed by atoms with van der Waals surface area (Å²) in [5.41, 5.74) is 4.40. The summed E-state index contributed by atoms with van der Waals surface area (Å²) < 4.78 is 48.5. The van der Waals surface area contributed by atoms with Crippen LogP contribution in [0.4, 0.5) is 5.82 Å². The molecule has 4 rings (SSSR count). The highest BCUT2D eigenvalue weighted by molar-refractivity contribution is 7.52. The zero-order valence-electron chi connectivity index (χ0n) is 23.5. The van der Waals surface area contributed by atoms with E-state index in [-0.39, 0.29) is 17.3 Å². The van der Waals surface area contributed by atoms with Crippen LogP contribution in [0.3, 0.4) is 0 Å². The molecule has 0 radical (unpaired) electrons. The van der Waals surface area contributed by atoms with Gasteiger partial charge in [0.15, 0.2) is 18.0 Å². The molecule has 3 aromatic rings. The number of fused-ring (bicyclic) bond motifs is 1. The molecule has 3 N–H and O–H groups in total. The van der Waals surface area contributed by atoms with E-state index >= 15 is 0 Å².